The number of rotatable bonds is 4. The Morgan fingerprint density at radius 3 is 2.96 bits per heavy atom. The van der Waals surface area contributed by atoms with Gasteiger partial charge >= 0.3 is 0 Å². The quantitative estimate of drug-likeness (QED) is 0.928. The maximum absolute atomic E-state index is 11.7. The Hall–Kier alpha value is -2.21. The molecule has 2 N–H and O–H groups in total. The number of aromatic nitrogens is 2. The number of nitrogens with zero attached hydrogens (tertiary/aromatic N) is 3. The Balaban J connectivity index is 1.73. The summed E-state index contributed by atoms with van der Waals surface area (Å²) in [7, 11) is 0. The van der Waals surface area contributed by atoms with E-state index in [1.165, 1.54) is 0 Å². The lowest BCUT2D eigenvalue weighted by Crippen LogP contribution is -2.34. The summed E-state index contributed by atoms with van der Waals surface area (Å²) in [5.74, 6) is 1.26. The summed E-state index contributed by atoms with van der Waals surface area (Å²) in [4.78, 5) is 18.3. The Kier molecular flexibility index (Phi) is 4.43. The van der Waals surface area contributed by atoms with E-state index in [2.05, 4.69) is 5.16 Å². The molecule has 0 radical (unpaired) electrons. The zero-order chi connectivity index (χ0) is 16.4. The second kappa shape index (κ2) is 6.50. The van der Waals surface area contributed by atoms with E-state index in [0.29, 0.717) is 5.92 Å². The third-order valence-electron chi connectivity index (χ3n) is 4.41. The molecular weight excluding hydrogens is 292 g/mol. The lowest BCUT2D eigenvalue weighted by Gasteiger charge is -2.15. The topological polar surface area (TPSA) is 85.2 Å². The minimum absolute atomic E-state index is 0.0323. The van der Waals surface area contributed by atoms with E-state index in [-0.39, 0.29) is 12.5 Å². The van der Waals surface area contributed by atoms with E-state index in [4.69, 9.17) is 15.2 Å². The normalized spacial score (nSPS) is 17.7. The van der Waals surface area contributed by atoms with Crippen molar-refractivity contribution in [2.45, 2.75) is 26.7 Å². The van der Waals surface area contributed by atoms with Gasteiger partial charge in [-0.15, -0.1) is 0 Å². The van der Waals surface area contributed by atoms with Crippen molar-refractivity contribution in [2.24, 2.45) is 11.7 Å². The van der Waals surface area contributed by atoms with Crippen molar-refractivity contribution >= 4 is 5.91 Å². The van der Waals surface area contributed by atoms with Crippen molar-refractivity contribution in [2.75, 3.05) is 19.6 Å². The summed E-state index contributed by atoms with van der Waals surface area (Å²) in [5.41, 5.74) is 9.19. The molecule has 3 rings (SSSR count). The molecule has 1 fully saturated rings. The molecular formula is C17H22N4O2. The number of amides is 1. The molecule has 0 saturated carbocycles. The molecule has 122 valence electrons. The van der Waals surface area contributed by atoms with Crippen LogP contribution in [0.25, 0.3) is 11.3 Å². The second-order valence-electron chi connectivity index (χ2n) is 6.12. The first kappa shape index (κ1) is 15.7. The van der Waals surface area contributed by atoms with Crippen molar-refractivity contribution in [3.05, 3.63) is 35.3 Å². The predicted molar refractivity (Wildman–Crippen MR) is 86.7 cm³/mol. The van der Waals surface area contributed by atoms with E-state index in [1.54, 1.807) is 0 Å². The molecule has 2 aromatic heterocycles. The fourth-order valence-corrected chi connectivity index (χ4v) is 3.23. The van der Waals surface area contributed by atoms with Crippen LogP contribution in [0.5, 0.6) is 0 Å². The molecule has 2 aromatic rings. The molecule has 1 amide bonds. The number of aryl methyl sites for hydroxylation is 2. The van der Waals surface area contributed by atoms with Gasteiger partial charge in [0.25, 0.3) is 0 Å². The van der Waals surface area contributed by atoms with Crippen LogP contribution in [0.15, 0.2) is 22.7 Å². The van der Waals surface area contributed by atoms with E-state index in [9.17, 15) is 4.79 Å². The average molecular weight is 314 g/mol. The van der Waals surface area contributed by atoms with E-state index in [1.807, 2.05) is 36.9 Å². The van der Waals surface area contributed by atoms with Crippen molar-refractivity contribution < 1.29 is 9.32 Å². The minimum atomic E-state index is 0.0323. The first-order valence-corrected chi connectivity index (χ1v) is 7.95. The monoisotopic (exact) mass is 314 g/mol. The number of carbonyl (C=O) groups excluding carboxylic acids is 1. The van der Waals surface area contributed by atoms with Gasteiger partial charge in [-0.25, -0.2) is 0 Å². The van der Waals surface area contributed by atoms with Gasteiger partial charge in [0.2, 0.25) is 5.91 Å². The number of hydrogen-bond donors (Lipinski definition) is 1. The van der Waals surface area contributed by atoms with Crippen LogP contribution in [-0.4, -0.2) is 40.6 Å². The van der Waals surface area contributed by atoms with Gasteiger partial charge in [0.1, 0.15) is 5.76 Å². The van der Waals surface area contributed by atoms with Crippen LogP contribution in [0.2, 0.25) is 0 Å². The Morgan fingerprint density at radius 2 is 2.26 bits per heavy atom. The van der Waals surface area contributed by atoms with E-state index < -0.39 is 0 Å². The summed E-state index contributed by atoms with van der Waals surface area (Å²) in [6, 6.07) is 6.03. The largest absolute Gasteiger partial charge is 0.361 e. The molecule has 1 atom stereocenters. The molecule has 3 heterocycles. The van der Waals surface area contributed by atoms with Gasteiger partial charge in [-0.05, 0) is 44.7 Å². The van der Waals surface area contributed by atoms with Crippen molar-refractivity contribution in [1.82, 2.24) is 15.0 Å². The van der Waals surface area contributed by atoms with Gasteiger partial charge < -0.3 is 15.2 Å². The molecule has 1 saturated heterocycles. The van der Waals surface area contributed by atoms with Crippen LogP contribution >= 0.6 is 0 Å². The van der Waals surface area contributed by atoms with Crippen LogP contribution in [0.3, 0.4) is 0 Å². The number of likely N-dealkylation sites (tertiary alicyclic amines) is 1. The van der Waals surface area contributed by atoms with Gasteiger partial charge in [-0.3, -0.25) is 9.78 Å². The molecule has 6 heteroatoms. The Bertz CT molecular complexity index is 691. The van der Waals surface area contributed by atoms with Crippen LogP contribution in [0.4, 0.5) is 0 Å². The lowest BCUT2D eigenvalue weighted by atomic mass is 10.0. The zero-order valence-corrected chi connectivity index (χ0v) is 13.6. The highest BCUT2D eigenvalue weighted by molar-refractivity contribution is 5.78. The molecule has 1 aliphatic rings. The molecule has 0 spiro atoms. The molecule has 0 unspecified atom stereocenters. The first-order chi connectivity index (χ1) is 11.1. The molecule has 23 heavy (non-hydrogen) atoms. The van der Waals surface area contributed by atoms with Crippen LogP contribution in [-0.2, 0) is 11.2 Å². The highest BCUT2D eigenvalue weighted by atomic mass is 16.5. The molecule has 0 aliphatic carbocycles. The van der Waals surface area contributed by atoms with Gasteiger partial charge in [0.15, 0.2) is 0 Å². The molecule has 1 aliphatic heterocycles. The van der Waals surface area contributed by atoms with Gasteiger partial charge in [-0.1, -0.05) is 11.2 Å². The number of carbonyl (C=O) groups is 1. The number of nitrogens with two attached hydrogens (primary N) is 1. The lowest BCUT2D eigenvalue weighted by molar-refractivity contribution is -0.128. The van der Waals surface area contributed by atoms with E-state index >= 15 is 0 Å². The third-order valence-corrected chi connectivity index (χ3v) is 4.41. The average Bonchev–Trinajstić information content (AvgIpc) is 3.14. The molecule has 6 nitrogen and oxygen atoms in total. The van der Waals surface area contributed by atoms with Crippen molar-refractivity contribution in [1.29, 1.82) is 0 Å². The van der Waals surface area contributed by atoms with Crippen LogP contribution in [0.1, 0.15) is 23.6 Å². The summed E-state index contributed by atoms with van der Waals surface area (Å²) in [6.45, 7) is 5.48. The smallest absolute Gasteiger partial charge is 0.236 e. The number of hydrogen-bond acceptors (Lipinski definition) is 5. The van der Waals surface area contributed by atoms with Crippen LogP contribution < -0.4 is 5.73 Å². The summed E-state index contributed by atoms with van der Waals surface area (Å²) in [6.07, 6.45) is 1.87. The fourth-order valence-electron chi connectivity index (χ4n) is 3.23. The standard InChI is InChI=1S/C17H22N4O2/c1-11-17(12(2)23-20-11)15-5-3-4-14(19-15)8-13-6-7-21(10-13)16(22)9-18/h3-5,13H,6-10,18H2,1-2H3/t13-/m0/s1. The Morgan fingerprint density at radius 1 is 1.43 bits per heavy atom. The van der Waals surface area contributed by atoms with Gasteiger partial charge in [-0.2, -0.15) is 0 Å². The Labute approximate surface area is 135 Å². The third kappa shape index (κ3) is 3.27. The summed E-state index contributed by atoms with van der Waals surface area (Å²) < 4.78 is 5.23. The summed E-state index contributed by atoms with van der Waals surface area (Å²) >= 11 is 0. The maximum Gasteiger partial charge on any atom is 0.236 e. The zero-order valence-electron chi connectivity index (χ0n) is 13.6. The first-order valence-electron chi connectivity index (χ1n) is 7.95. The highest BCUT2D eigenvalue weighted by Crippen LogP contribution is 2.26. The van der Waals surface area contributed by atoms with Crippen molar-refractivity contribution in [3.8, 4) is 11.3 Å². The molecule has 0 bridgehead atoms. The van der Waals surface area contributed by atoms with Crippen molar-refractivity contribution in [3.63, 3.8) is 0 Å². The number of pyridine rings is 1. The maximum atomic E-state index is 11.7. The van der Waals surface area contributed by atoms with Gasteiger partial charge in [0.05, 0.1) is 23.5 Å². The minimum Gasteiger partial charge on any atom is -0.361 e. The van der Waals surface area contributed by atoms with Crippen LogP contribution in [0, 0.1) is 19.8 Å². The predicted octanol–water partition coefficient (Wildman–Crippen LogP) is 1.70. The fraction of sp³-hybridized carbons (Fsp3) is 0.471. The summed E-state index contributed by atoms with van der Waals surface area (Å²) in [5, 5.41) is 3.99. The van der Waals surface area contributed by atoms with E-state index in [0.717, 1.165) is 54.3 Å². The molecule has 0 aromatic carbocycles. The second-order valence-corrected chi connectivity index (χ2v) is 6.12. The SMILES string of the molecule is Cc1noc(C)c1-c1cccc(C[C@@H]2CCN(C(=O)CN)C2)n1. The highest BCUT2D eigenvalue weighted by Gasteiger charge is 2.26. The van der Waals surface area contributed by atoms with Gasteiger partial charge in [0, 0.05) is 18.8 Å².